The Morgan fingerprint density at radius 2 is 2.05 bits per heavy atom. The molecule has 0 fully saturated rings. The van der Waals surface area contributed by atoms with Crippen LogP contribution in [0.1, 0.15) is 20.3 Å². The van der Waals surface area contributed by atoms with E-state index in [2.05, 4.69) is 5.32 Å². The van der Waals surface area contributed by atoms with E-state index >= 15 is 0 Å². The van der Waals surface area contributed by atoms with Gasteiger partial charge < -0.3 is 10.1 Å². The standard InChI is InChI=1S/C14H19Cl2NO2S/c1-9(2)17-13(14(18)19-3)6-7-20-10-4-5-11(15)12(16)8-10/h4-5,8-9,13,17H,6-7H2,1-3H3. The Labute approximate surface area is 134 Å². The van der Waals surface area contributed by atoms with Crippen molar-refractivity contribution in [2.24, 2.45) is 0 Å². The number of hydrogen-bond acceptors (Lipinski definition) is 4. The Hall–Kier alpha value is -0.420. The smallest absolute Gasteiger partial charge is 0.322 e. The molecule has 1 aromatic rings. The first-order valence-electron chi connectivity index (χ1n) is 6.35. The molecule has 0 bridgehead atoms. The molecule has 6 heteroatoms. The third kappa shape index (κ3) is 5.92. The lowest BCUT2D eigenvalue weighted by atomic mass is 10.2. The van der Waals surface area contributed by atoms with E-state index in [0.717, 1.165) is 10.6 Å². The van der Waals surface area contributed by atoms with E-state index < -0.39 is 0 Å². The quantitative estimate of drug-likeness (QED) is 0.603. The predicted octanol–water partition coefficient (Wildman–Crippen LogP) is 4.02. The molecule has 1 unspecified atom stereocenters. The van der Waals surface area contributed by atoms with Crippen molar-refractivity contribution in [2.45, 2.75) is 37.2 Å². The lowest BCUT2D eigenvalue weighted by Crippen LogP contribution is -2.41. The summed E-state index contributed by atoms with van der Waals surface area (Å²) in [5.41, 5.74) is 0. The second kappa shape index (κ2) is 8.78. The normalized spacial score (nSPS) is 12.5. The highest BCUT2D eigenvalue weighted by atomic mass is 35.5. The van der Waals surface area contributed by atoms with Crippen LogP contribution in [0.15, 0.2) is 23.1 Å². The summed E-state index contributed by atoms with van der Waals surface area (Å²) < 4.78 is 4.80. The Morgan fingerprint density at radius 3 is 2.60 bits per heavy atom. The molecule has 0 radical (unpaired) electrons. The van der Waals surface area contributed by atoms with Gasteiger partial charge in [-0.3, -0.25) is 4.79 Å². The number of carbonyl (C=O) groups excluding carboxylic acids is 1. The largest absolute Gasteiger partial charge is 0.468 e. The minimum Gasteiger partial charge on any atom is -0.468 e. The molecule has 0 spiro atoms. The molecule has 1 N–H and O–H groups in total. The fraction of sp³-hybridized carbons (Fsp3) is 0.500. The van der Waals surface area contributed by atoms with E-state index in [1.807, 2.05) is 26.0 Å². The minimum atomic E-state index is -0.282. The van der Waals surface area contributed by atoms with Crippen LogP contribution < -0.4 is 5.32 Å². The molecular formula is C14H19Cl2NO2S. The van der Waals surface area contributed by atoms with Crippen LogP contribution in [-0.4, -0.2) is 30.9 Å². The van der Waals surface area contributed by atoms with Gasteiger partial charge in [0.25, 0.3) is 0 Å². The topological polar surface area (TPSA) is 38.3 Å². The van der Waals surface area contributed by atoms with Gasteiger partial charge in [-0.15, -0.1) is 11.8 Å². The van der Waals surface area contributed by atoms with Gasteiger partial charge in [-0.25, -0.2) is 0 Å². The van der Waals surface area contributed by atoms with E-state index in [9.17, 15) is 4.79 Å². The number of benzene rings is 1. The summed E-state index contributed by atoms with van der Waals surface area (Å²) in [5, 5.41) is 4.29. The zero-order chi connectivity index (χ0) is 15.1. The van der Waals surface area contributed by atoms with Gasteiger partial charge >= 0.3 is 5.97 Å². The zero-order valence-electron chi connectivity index (χ0n) is 11.8. The minimum absolute atomic E-state index is 0.228. The molecule has 1 aromatic carbocycles. The third-order valence-electron chi connectivity index (χ3n) is 2.59. The first-order chi connectivity index (χ1) is 9.43. The summed E-state index contributed by atoms with van der Waals surface area (Å²) in [4.78, 5) is 12.7. The Bertz CT molecular complexity index is 455. The zero-order valence-corrected chi connectivity index (χ0v) is 14.1. The summed E-state index contributed by atoms with van der Waals surface area (Å²) in [6.07, 6.45) is 0.690. The number of halogens is 2. The number of esters is 1. The van der Waals surface area contributed by atoms with Crippen LogP contribution in [0.3, 0.4) is 0 Å². The van der Waals surface area contributed by atoms with Crippen LogP contribution >= 0.6 is 35.0 Å². The second-order valence-corrected chi connectivity index (χ2v) is 6.59. The van der Waals surface area contributed by atoms with Gasteiger partial charge in [0.05, 0.1) is 17.2 Å². The van der Waals surface area contributed by atoms with Crippen molar-refractivity contribution < 1.29 is 9.53 Å². The molecule has 0 aromatic heterocycles. The fourth-order valence-electron chi connectivity index (χ4n) is 1.68. The van der Waals surface area contributed by atoms with Gasteiger partial charge in [-0.05, 0) is 24.6 Å². The number of carbonyl (C=O) groups is 1. The molecule has 0 amide bonds. The van der Waals surface area contributed by atoms with Gasteiger partial charge in [0.2, 0.25) is 0 Å². The Kier molecular flexibility index (Phi) is 7.74. The van der Waals surface area contributed by atoms with Crippen LogP contribution in [0, 0.1) is 0 Å². The number of ether oxygens (including phenoxy) is 1. The fourth-order valence-corrected chi connectivity index (χ4v) is 2.99. The summed E-state index contributed by atoms with van der Waals surface area (Å²) in [5.74, 6) is 0.561. The molecule has 0 heterocycles. The third-order valence-corrected chi connectivity index (χ3v) is 4.35. The average molecular weight is 336 g/mol. The van der Waals surface area contributed by atoms with Crippen molar-refractivity contribution in [1.82, 2.24) is 5.32 Å². The molecule has 1 rings (SSSR count). The lowest BCUT2D eigenvalue weighted by Gasteiger charge is -2.18. The molecule has 0 saturated heterocycles. The van der Waals surface area contributed by atoms with Crippen molar-refractivity contribution >= 4 is 40.9 Å². The lowest BCUT2D eigenvalue weighted by molar-refractivity contribution is -0.143. The molecule has 0 aliphatic carbocycles. The Balaban J connectivity index is 2.50. The number of nitrogens with one attached hydrogen (secondary N) is 1. The van der Waals surface area contributed by atoms with Crippen molar-refractivity contribution in [2.75, 3.05) is 12.9 Å². The van der Waals surface area contributed by atoms with Gasteiger partial charge in [-0.2, -0.15) is 0 Å². The summed E-state index contributed by atoms with van der Waals surface area (Å²) in [6.45, 7) is 4.00. The number of rotatable bonds is 7. The van der Waals surface area contributed by atoms with Crippen molar-refractivity contribution in [3.8, 4) is 0 Å². The molecule has 0 aliphatic rings. The first-order valence-corrected chi connectivity index (χ1v) is 8.10. The molecule has 1 atom stereocenters. The van der Waals surface area contributed by atoms with Crippen LogP contribution in [0.25, 0.3) is 0 Å². The number of thioether (sulfide) groups is 1. The number of methoxy groups -OCH3 is 1. The summed E-state index contributed by atoms with van der Waals surface area (Å²) >= 11 is 13.5. The van der Waals surface area contributed by atoms with Gasteiger partial charge in [0.1, 0.15) is 6.04 Å². The average Bonchev–Trinajstić information content (AvgIpc) is 2.40. The number of hydrogen-bond donors (Lipinski definition) is 1. The maximum atomic E-state index is 11.7. The van der Waals surface area contributed by atoms with Crippen molar-refractivity contribution in [3.05, 3.63) is 28.2 Å². The van der Waals surface area contributed by atoms with Crippen molar-refractivity contribution in [1.29, 1.82) is 0 Å². The van der Waals surface area contributed by atoms with Gasteiger partial charge in [0.15, 0.2) is 0 Å². The van der Waals surface area contributed by atoms with Crippen LogP contribution in [0.4, 0.5) is 0 Å². The van der Waals surface area contributed by atoms with E-state index in [0.29, 0.717) is 16.5 Å². The van der Waals surface area contributed by atoms with Gasteiger partial charge in [-0.1, -0.05) is 37.0 Å². The monoisotopic (exact) mass is 335 g/mol. The van der Waals surface area contributed by atoms with Crippen LogP contribution in [0.2, 0.25) is 10.0 Å². The second-order valence-electron chi connectivity index (χ2n) is 4.61. The SMILES string of the molecule is COC(=O)C(CCSc1ccc(Cl)c(Cl)c1)NC(C)C. The molecule has 20 heavy (non-hydrogen) atoms. The highest BCUT2D eigenvalue weighted by Crippen LogP contribution is 2.28. The van der Waals surface area contributed by atoms with Gasteiger partial charge in [0, 0.05) is 16.7 Å². The highest BCUT2D eigenvalue weighted by Gasteiger charge is 2.19. The highest BCUT2D eigenvalue weighted by molar-refractivity contribution is 7.99. The summed E-state index contributed by atoms with van der Waals surface area (Å²) in [6, 6.07) is 5.47. The maximum Gasteiger partial charge on any atom is 0.322 e. The van der Waals surface area contributed by atoms with E-state index in [1.165, 1.54) is 7.11 Å². The molecule has 112 valence electrons. The van der Waals surface area contributed by atoms with Crippen LogP contribution in [0.5, 0.6) is 0 Å². The van der Waals surface area contributed by atoms with E-state index in [4.69, 9.17) is 27.9 Å². The predicted molar refractivity (Wildman–Crippen MR) is 85.9 cm³/mol. The first kappa shape index (κ1) is 17.6. The molecule has 0 aliphatic heterocycles. The van der Waals surface area contributed by atoms with E-state index in [-0.39, 0.29) is 18.1 Å². The Morgan fingerprint density at radius 1 is 1.35 bits per heavy atom. The molecule has 3 nitrogen and oxygen atoms in total. The van der Waals surface area contributed by atoms with Crippen molar-refractivity contribution in [3.63, 3.8) is 0 Å². The molecule has 0 saturated carbocycles. The molecular weight excluding hydrogens is 317 g/mol. The van der Waals surface area contributed by atoms with Crippen LogP contribution in [-0.2, 0) is 9.53 Å². The maximum absolute atomic E-state index is 11.7. The van der Waals surface area contributed by atoms with E-state index in [1.54, 1.807) is 17.8 Å². The summed E-state index contributed by atoms with van der Waals surface area (Å²) in [7, 11) is 1.41.